The maximum atomic E-state index is 11.5. The Hall–Kier alpha value is -1.00. The van der Waals surface area contributed by atoms with Crippen LogP contribution >= 0.6 is 11.8 Å². The van der Waals surface area contributed by atoms with Crippen LogP contribution in [0.25, 0.3) is 0 Å². The second kappa shape index (κ2) is 8.14. The molecule has 94 valence electrons. The number of thioether (sulfide) groups is 1. The van der Waals surface area contributed by atoms with E-state index in [1.165, 1.54) is 12.0 Å². The first-order valence-corrected chi connectivity index (χ1v) is 6.75. The largest absolute Gasteiger partial charge is 0.468 e. The normalized spacial score (nSPS) is 12.1. The van der Waals surface area contributed by atoms with E-state index < -0.39 is 0 Å². The molecule has 0 saturated heterocycles. The summed E-state index contributed by atoms with van der Waals surface area (Å²) in [6.07, 6.45) is 1.00. The van der Waals surface area contributed by atoms with Gasteiger partial charge in [-0.25, -0.2) is 0 Å². The molecule has 0 fully saturated rings. The van der Waals surface area contributed by atoms with Gasteiger partial charge in [0.2, 0.25) is 0 Å². The fourth-order valence-electron chi connectivity index (χ4n) is 1.37. The smallest absolute Gasteiger partial charge is 0.323 e. The van der Waals surface area contributed by atoms with E-state index in [0.29, 0.717) is 5.75 Å². The molecule has 1 N–H and O–H groups in total. The highest BCUT2D eigenvalue weighted by Crippen LogP contribution is 2.18. The highest BCUT2D eigenvalue weighted by molar-refractivity contribution is 7.99. The second-order valence-corrected chi connectivity index (χ2v) is 4.75. The van der Waals surface area contributed by atoms with Gasteiger partial charge in [0.15, 0.2) is 0 Å². The van der Waals surface area contributed by atoms with Crippen molar-refractivity contribution in [2.45, 2.75) is 24.3 Å². The zero-order valence-electron chi connectivity index (χ0n) is 10.3. The van der Waals surface area contributed by atoms with Crippen LogP contribution in [0.4, 0.5) is 0 Å². The number of methoxy groups -OCH3 is 1. The third kappa shape index (κ3) is 5.24. The number of carbonyl (C=O) groups is 1. The number of esters is 1. The molecule has 0 saturated carbocycles. The zero-order chi connectivity index (χ0) is 12.5. The van der Waals surface area contributed by atoms with Crippen molar-refractivity contribution < 1.29 is 9.53 Å². The summed E-state index contributed by atoms with van der Waals surface area (Å²) < 4.78 is 4.78. The molecule has 1 unspecified atom stereocenters. The van der Waals surface area contributed by atoms with Crippen molar-refractivity contribution in [1.82, 2.24) is 5.32 Å². The Bertz CT molecular complexity index is 329. The van der Waals surface area contributed by atoms with Crippen molar-refractivity contribution in [1.29, 1.82) is 0 Å². The second-order valence-electron chi connectivity index (χ2n) is 3.65. The van der Waals surface area contributed by atoms with Crippen LogP contribution in [0.15, 0.2) is 35.2 Å². The lowest BCUT2D eigenvalue weighted by Gasteiger charge is -2.15. The minimum Gasteiger partial charge on any atom is -0.468 e. The van der Waals surface area contributed by atoms with Gasteiger partial charge in [-0.1, -0.05) is 25.1 Å². The van der Waals surface area contributed by atoms with Crippen LogP contribution in [-0.2, 0) is 9.53 Å². The summed E-state index contributed by atoms with van der Waals surface area (Å²) in [6.45, 7) is 2.90. The van der Waals surface area contributed by atoms with E-state index in [9.17, 15) is 4.79 Å². The number of rotatable bonds is 7. The van der Waals surface area contributed by atoms with Gasteiger partial charge in [-0.05, 0) is 25.1 Å². The van der Waals surface area contributed by atoms with E-state index in [-0.39, 0.29) is 12.0 Å². The number of carbonyl (C=O) groups excluding carboxylic acids is 1. The summed E-state index contributed by atoms with van der Waals surface area (Å²) in [5.41, 5.74) is 0. The third-order valence-electron chi connectivity index (χ3n) is 2.29. The summed E-state index contributed by atoms with van der Waals surface area (Å²) in [5, 5.41) is 3.19. The Labute approximate surface area is 107 Å². The Morgan fingerprint density at radius 1 is 1.41 bits per heavy atom. The minimum absolute atomic E-state index is 0.193. The molecular weight excluding hydrogens is 234 g/mol. The topological polar surface area (TPSA) is 38.3 Å². The van der Waals surface area contributed by atoms with E-state index in [0.717, 1.165) is 13.0 Å². The first kappa shape index (κ1) is 14.1. The maximum absolute atomic E-state index is 11.5. The number of hydrogen-bond acceptors (Lipinski definition) is 4. The fourth-order valence-corrected chi connectivity index (χ4v) is 2.33. The molecule has 0 aliphatic carbocycles. The molecule has 0 aromatic heterocycles. The third-order valence-corrected chi connectivity index (χ3v) is 3.39. The first-order chi connectivity index (χ1) is 8.27. The van der Waals surface area contributed by atoms with Gasteiger partial charge in [0, 0.05) is 10.6 Å². The molecule has 17 heavy (non-hydrogen) atoms. The van der Waals surface area contributed by atoms with Gasteiger partial charge >= 0.3 is 5.97 Å². The molecule has 0 amide bonds. The van der Waals surface area contributed by atoms with Crippen LogP contribution < -0.4 is 5.32 Å². The lowest BCUT2D eigenvalue weighted by atomic mass is 10.3. The fraction of sp³-hybridized carbons (Fsp3) is 0.462. The zero-order valence-corrected chi connectivity index (χ0v) is 11.1. The highest BCUT2D eigenvalue weighted by atomic mass is 32.2. The predicted octanol–water partition coefficient (Wildman–Crippen LogP) is 2.32. The van der Waals surface area contributed by atoms with Gasteiger partial charge in [0.1, 0.15) is 6.04 Å². The van der Waals surface area contributed by atoms with E-state index >= 15 is 0 Å². The van der Waals surface area contributed by atoms with Crippen molar-refractivity contribution in [3.05, 3.63) is 30.3 Å². The summed E-state index contributed by atoms with van der Waals surface area (Å²) in [4.78, 5) is 12.7. The molecule has 0 bridgehead atoms. The lowest BCUT2D eigenvalue weighted by Crippen LogP contribution is -2.40. The Kier molecular flexibility index (Phi) is 6.74. The number of hydrogen-bond donors (Lipinski definition) is 1. The lowest BCUT2D eigenvalue weighted by molar-refractivity contribution is -0.142. The van der Waals surface area contributed by atoms with E-state index in [1.807, 2.05) is 30.3 Å². The van der Waals surface area contributed by atoms with E-state index in [1.54, 1.807) is 11.8 Å². The molecule has 3 nitrogen and oxygen atoms in total. The molecule has 1 aromatic carbocycles. The molecule has 1 aromatic rings. The summed E-state index contributed by atoms with van der Waals surface area (Å²) in [6, 6.07) is 9.82. The van der Waals surface area contributed by atoms with Gasteiger partial charge < -0.3 is 10.1 Å². The summed E-state index contributed by atoms with van der Waals surface area (Å²) in [7, 11) is 1.43. The minimum atomic E-state index is -0.231. The molecule has 0 aliphatic heterocycles. The quantitative estimate of drug-likeness (QED) is 0.598. The van der Waals surface area contributed by atoms with Crippen molar-refractivity contribution in [2.75, 3.05) is 19.4 Å². The Morgan fingerprint density at radius 2 is 2.12 bits per heavy atom. The van der Waals surface area contributed by atoms with Crippen molar-refractivity contribution in [3.8, 4) is 0 Å². The van der Waals surface area contributed by atoms with Crippen molar-refractivity contribution in [2.24, 2.45) is 0 Å². The molecule has 1 atom stereocenters. The van der Waals surface area contributed by atoms with Gasteiger partial charge in [-0.3, -0.25) is 4.79 Å². The van der Waals surface area contributed by atoms with Crippen molar-refractivity contribution in [3.63, 3.8) is 0 Å². The molecule has 0 aliphatic rings. The molecule has 1 rings (SSSR count). The van der Waals surface area contributed by atoms with Crippen LogP contribution in [0.2, 0.25) is 0 Å². The monoisotopic (exact) mass is 253 g/mol. The van der Waals surface area contributed by atoms with Crippen LogP contribution in [-0.4, -0.2) is 31.4 Å². The molecule has 4 heteroatoms. The number of nitrogens with one attached hydrogen (secondary N) is 1. The average molecular weight is 253 g/mol. The van der Waals surface area contributed by atoms with Gasteiger partial charge in [-0.15, -0.1) is 11.8 Å². The van der Waals surface area contributed by atoms with Gasteiger partial charge in [0.05, 0.1) is 7.11 Å². The SMILES string of the molecule is CCCNC(CSc1ccccc1)C(=O)OC. The average Bonchev–Trinajstić information content (AvgIpc) is 2.39. The van der Waals surface area contributed by atoms with Gasteiger partial charge in [0.25, 0.3) is 0 Å². The predicted molar refractivity (Wildman–Crippen MR) is 71.3 cm³/mol. The molecule has 0 spiro atoms. The van der Waals surface area contributed by atoms with Crippen LogP contribution in [0.3, 0.4) is 0 Å². The standard InChI is InChI=1S/C13H19NO2S/c1-3-9-14-12(13(15)16-2)10-17-11-7-5-4-6-8-11/h4-8,12,14H,3,9-10H2,1-2H3. The maximum Gasteiger partial charge on any atom is 0.323 e. The number of ether oxygens (including phenoxy) is 1. The Morgan fingerprint density at radius 3 is 2.71 bits per heavy atom. The first-order valence-electron chi connectivity index (χ1n) is 5.77. The van der Waals surface area contributed by atoms with Gasteiger partial charge in [-0.2, -0.15) is 0 Å². The highest BCUT2D eigenvalue weighted by Gasteiger charge is 2.17. The van der Waals surface area contributed by atoms with E-state index in [4.69, 9.17) is 4.74 Å². The van der Waals surface area contributed by atoms with Crippen LogP contribution in [0.5, 0.6) is 0 Å². The molecule has 0 radical (unpaired) electrons. The summed E-state index contributed by atoms with van der Waals surface area (Å²) >= 11 is 1.66. The van der Waals surface area contributed by atoms with Crippen LogP contribution in [0.1, 0.15) is 13.3 Å². The Balaban J connectivity index is 2.46. The number of benzene rings is 1. The molecular formula is C13H19NO2S. The van der Waals surface area contributed by atoms with Crippen molar-refractivity contribution >= 4 is 17.7 Å². The summed E-state index contributed by atoms with van der Waals surface area (Å²) in [5.74, 6) is 0.498. The van der Waals surface area contributed by atoms with Crippen LogP contribution in [0, 0.1) is 0 Å². The molecule has 0 heterocycles. The van der Waals surface area contributed by atoms with E-state index in [2.05, 4.69) is 12.2 Å².